The number of anilines is 1. The number of hydrogen-bond acceptors (Lipinski definition) is 8. The molecule has 0 aliphatic rings. The molecule has 1 N–H and O–H groups in total. The molecule has 0 bridgehead atoms. The second-order valence-electron chi connectivity index (χ2n) is 6.77. The van der Waals surface area contributed by atoms with Gasteiger partial charge in [0.2, 0.25) is 0 Å². The van der Waals surface area contributed by atoms with Crippen molar-refractivity contribution in [1.29, 1.82) is 0 Å². The highest BCUT2D eigenvalue weighted by Gasteiger charge is 2.13. The van der Waals surface area contributed by atoms with Crippen molar-refractivity contribution < 1.29 is 14.2 Å². The molecule has 1 aromatic carbocycles. The van der Waals surface area contributed by atoms with Gasteiger partial charge in [0.05, 0.1) is 25.4 Å². The number of nitrogens with one attached hydrogen (secondary N) is 1. The summed E-state index contributed by atoms with van der Waals surface area (Å²) in [6.45, 7) is 1.56. The fourth-order valence-electron chi connectivity index (χ4n) is 3.16. The molecule has 0 saturated carbocycles. The topological polar surface area (TPSA) is 91.3 Å². The van der Waals surface area contributed by atoms with Gasteiger partial charge in [-0.3, -0.25) is 4.98 Å². The minimum atomic E-state index is 0.422. The van der Waals surface area contributed by atoms with Crippen LogP contribution in [-0.2, 0) is 11.3 Å². The number of fused-ring (bicyclic) bond motifs is 1. The van der Waals surface area contributed by atoms with E-state index in [0.29, 0.717) is 36.8 Å². The van der Waals surface area contributed by atoms with Gasteiger partial charge < -0.3 is 19.5 Å². The van der Waals surface area contributed by atoms with E-state index in [1.807, 2.05) is 48.8 Å². The van der Waals surface area contributed by atoms with Crippen LogP contribution < -0.4 is 14.8 Å². The molecular formula is C23H23N5O3. The SMILES string of the molecule is COCCOc1cc2c(-c3ccc(NCc4cccnc4)nc3)cnnc2cc1OC. The van der Waals surface area contributed by atoms with E-state index < -0.39 is 0 Å². The predicted molar refractivity (Wildman–Crippen MR) is 118 cm³/mol. The normalized spacial score (nSPS) is 10.8. The number of benzene rings is 1. The molecule has 0 aliphatic carbocycles. The van der Waals surface area contributed by atoms with Crippen LogP contribution in [0.3, 0.4) is 0 Å². The Labute approximate surface area is 180 Å². The monoisotopic (exact) mass is 417 g/mol. The largest absolute Gasteiger partial charge is 0.493 e. The van der Waals surface area contributed by atoms with Crippen LogP contribution in [0.2, 0.25) is 0 Å². The summed E-state index contributed by atoms with van der Waals surface area (Å²) in [4.78, 5) is 8.66. The molecule has 0 fully saturated rings. The maximum atomic E-state index is 5.83. The number of hydrogen-bond donors (Lipinski definition) is 1. The van der Waals surface area contributed by atoms with Gasteiger partial charge in [-0.1, -0.05) is 6.07 Å². The molecule has 0 amide bonds. The van der Waals surface area contributed by atoms with Crippen molar-refractivity contribution in [3.05, 3.63) is 66.7 Å². The Morgan fingerprint density at radius 3 is 2.65 bits per heavy atom. The van der Waals surface area contributed by atoms with Gasteiger partial charge in [0.1, 0.15) is 12.4 Å². The van der Waals surface area contributed by atoms with Gasteiger partial charge in [0.25, 0.3) is 0 Å². The van der Waals surface area contributed by atoms with Crippen LogP contribution in [-0.4, -0.2) is 47.6 Å². The van der Waals surface area contributed by atoms with E-state index in [0.717, 1.165) is 27.9 Å². The average molecular weight is 417 g/mol. The second-order valence-corrected chi connectivity index (χ2v) is 6.77. The molecule has 3 aromatic heterocycles. The molecule has 0 atom stereocenters. The third kappa shape index (κ3) is 4.87. The van der Waals surface area contributed by atoms with E-state index in [1.165, 1.54) is 0 Å². The fraction of sp³-hybridized carbons (Fsp3) is 0.217. The molecular weight excluding hydrogens is 394 g/mol. The first-order chi connectivity index (χ1) is 15.3. The van der Waals surface area contributed by atoms with Crippen molar-refractivity contribution >= 4 is 16.7 Å². The summed E-state index contributed by atoms with van der Waals surface area (Å²) in [6, 6.07) is 11.6. The molecule has 4 aromatic rings. The van der Waals surface area contributed by atoms with Crippen LogP contribution in [0.5, 0.6) is 11.5 Å². The minimum Gasteiger partial charge on any atom is -0.493 e. The van der Waals surface area contributed by atoms with Gasteiger partial charge in [-0.25, -0.2) is 4.98 Å². The van der Waals surface area contributed by atoms with E-state index in [2.05, 4.69) is 25.5 Å². The molecule has 4 rings (SSSR count). The van der Waals surface area contributed by atoms with Crippen molar-refractivity contribution in [2.75, 3.05) is 32.8 Å². The smallest absolute Gasteiger partial charge is 0.162 e. The highest BCUT2D eigenvalue weighted by molar-refractivity contribution is 5.95. The summed E-state index contributed by atoms with van der Waals surface area (Å²) < 4.78 is 16.4. The zero-order chi connectivity index (χ0) is 21.5. The molecule has 3 heterocycles. The highest BCUT2D eigenvalue weighted by atomic mass is 16.5. The van der Waals surface area contributed by atoms with Crippen molar-refractivity contribution in [2.24, 2.45) is 0 Å². The molecule has 0 spiro atoms. The number of ether oxygens (including phenoxy) is 3. The van der Waals surface area contributed by atoms with E-state index in [9.17, 15) is 0 Å². The Hall–Kier alpha value is -3.78. The Kier molecular flexibility index (Phi) is 6.49. The summed E-state index contributed by atoms with van der Waals surface area (Å²) in [6.07, 6.45) is 7.13. The molecule has 158 valence electrons. The Balaban J connectivity index is 1.60. The van der Waals surface area contributed by atoms with Crippen LogP contribution in [0, 0.1) is 0 Å². The van der Waals surface area contributed by atoms with Crippen LogP contribution in [0.4, 0.5) is 5.82 Å². The Morgan fingerprint density at radius 2 is 1.90 bits per heavy atom. The van der Waals surface area contributed by atoms with Crippen molar-refractivity contribution in [3.63, 3.8) is 0 Å². The lowest BCUT2D eigenvalue weighted by Crippen LogP contribution is -2.05. The van der Waals surface area contributed by atoms with Crippen molar-refractivity contribution in [2.45, 2.75) is 6.54 Å². The first-order valence-corrected chi connectivity index (χ1v) is 9.83. The second kappa shape index (κ2) is 9.82. The standard InChI is InChI=1S/C23H23N5O3/c1-29-8-9-31-22-10-18-19(15-27-28-20(18)11-21(22)30-2)17-5-6-23(26-14-17)25-13-16-4-3-7-24-12-16/h3-7,10-12,14-15H,8-9,13H2,1-2H3,(H,25,26). The molecule has 0 unspecified atom stereocenters. The first kappa shape index (κ1) is 20.5. The lowest BCUT2D eigenvalue weighted by atomic mass is 10.0. The van der Waals surface area contributed by atoms with Gasteiger partial charge in [-0.05, 0) is 29.8 Å². The Morgan fingerprint density at radius 1 is 0.968 bits per heavy atom. The van der Waals surface area contributed by atoms with Crippen LogP contribution in [0.25, 0.3) is 22.0 Å². The van der Waals surface area contributed by atoms with Crippen LogP contribution in [0.15, 0.2) is 61.2 Å². The van der Waals surface area contributed by atoms with Crippen molar-refractivity contribution in [1.82, 2.24) is 20.2 Å². The van der Waals surface area contributed by atoms with E-state index in [4.69, 9.17) is 14.2 Å². The summed E-state index contributed by atoms with van der Waals surface area (Å²) in [5.41, 5.74) is 3.65. The molecule has 8 heteroatoms. The van der Waals surface area contributed by atoms with Crippen LogP contribution in [0.1, 0.15) is 5.56 Å². The van der Waals surface area contributed by atoms with Gasteiger partial charge >= 0.3 is 0 Å². The minimum absolute atomic E-state index is 0.422. The maximum absolute atomic E-state index is 5.83. The Bertz CT molecular complexity index is 1140. The lowest BCUT2D eigenvalue weighted by Gasteiger charge is -2.13. The number of nitrogens with zero attached hydrogens (tertiary/aromatic N) is 4. The van der Waals surface area contributed by atoms with Crippen LogP contribution >= 0.6 is 0 Å². The summed E-state index contributed by atoms with van der Waals surface area (Å²) in [5, 5.41) is 12.6. The first-order valence-electron chi connectivity index (χ1n) is 9.83. The number of aromatic nitrogens is 4. The van der Waals surface area contributed by atoms with E-state index in [1.54, 1.807) is 26.6 Å². The summed E-state index contributed by atoms with van der Waals surface area (Å²) in [5.74, 6) is 2.01. The fourth-order valence-corrected chi connectivity index (χ4v) is 3.16. The molecule has 0 aliphatic heterocycles. The van der Waals surface area contributed by atoms with Gasteiger partial charge in [-0.2, -0.15) is 10.2 Å². The van der Waals surface area contributed by atoms with Gasteiger partial charge in [-0.15, -0.1) is 0 Å². The summed E-state index contributed by atoms with van der Waals surface area (Å²) in [7, 11) is 3.24. The van der Waals surface area contributed by atoms with Gasteiger partial charge in [0.15, 0.2) is 11.5 Å². The maximum Gasteiger partial charge on any atom is 0.162 e. The number of methoxy groups -OCH3 is 2. The molecule has 8 nitrogen and oxygen atoms in total. The zero-order valence-corrected chi connectivity index (χ0v) is 17.4. The third-order valence-electron chi connectivity index (χ3n) is 4.74. The van der Waals surface area contributed by atoms with E-state index in [-0.39, 0.29) is 0 Å². The quantitative estimate of drug-likeness (QED) is 0.412. The average Bonchev–Trinajstić information content (AvgIpc) is 2.83. The molecule has 31 heavy (non-hydrogen) atoms. The molecule has 0 radical (unpaired) electrons. The lowest BCUT2D eigenvalue weighted by molar-refractivity contribution is 0.144. The van der Waals surface area contributed by atoms with E-state index >= 15 is 0 Å². The number of pyridine rings is 2. The molecule has 0 saturated heterocycles. The highest BCUT2D eigenvalue weighted by Crippen LogP contribution is 2.35. The third-order valence-corrected chi connectivity index (χ3v) is 4.74. The zero-order valence-electron chi connectivity index (χ0n) is 17.4. The predicted octanol–water partition coefficient (Wildman–Crippen LogP) is 3.73. The summed E-state index contributed by atoms with van der Waals surface area (Å²) >= 11 is 0. The van der Waals surface area contributed by atoms with Gasteiger partial charge in [0, 0.05) is 54.8 Å². The van der Waals surface area contributed by atoms with Crippen molar-refractivity contribution in [3.8, 4) is 22.6 Å². The number of rotatable bonds is 9.